The van der Waals surface area contributed by atoms with Crippen LogP contribution < -0.4 is 10.1 Å². The molecule has 0 aromatic heterocycles. The van der Waals surface area contributed by atoms with Gasteiger partial charge in [-0.25, -0.2) is 4.39 Å². The third-order valence-electron chi connectivity index (χ3n) is 4.70. The minimum absolute atomic E-state index is 0.229. The molecule has 0 saturated heterocycles. The van der Waals surface area contributed by atoms with Crippen LogP contribution in [0.2, 0.25) is 0 Å². The second-order valence-corrected chi connectivity index (χ2v) is 6.29. The van der Waals surface area contributed by atoms with Gasteiger partial charge in [-0.2, -0.15) is 0 Å². The highest BCUT2D eigenvalue weighted by atomic mass is 19.1. The minimum atomic E-state index is -0.298. The van der Waals surface area contributed by atoms with Crippen molar-refractivity contribution in [3.8, 4) is 5.75 Å². The van der Waals surface area contributed by atoms with E-state index in [-0.39, 0.29) is 11.9 Å². The Morgan fingerprint density at radius 1 is 1.29 bits per heavy atom. The molecule has 1 saturated carbocycles. The Balaban J connectivity index is 1.88. The lowest BCUT2D eigenvalue weighted by atomic mass is 9.83. The van der Waals surface area contributed by atoms with Crippen molar-refractivity contribution in [2.24, 2.45) is 5.92 Å². The molecule has 0 bridgehead atoms. The van der Waals surface area contributed by atoms with Crippen LogP contribution in [0.15, 0.2) is 18.2 Å². The van der Waals surface area contributed by atoms with Crippen molar-refractivity contribution < 1.29 is 9.13 Å². The second-order valence-electron chi connectivity index (χ2n) is 6.29. The van der Waals surface area contributed by atoms with Crippen LogP contribution in [0.25, 0.3) is 0 Å². The molecule has 0 amide bonds. The average molecular weight is 293 g/mol. The Labute approximate surface area is 128 Å². The Bertz CT molecular complexity index is 441. The van der Waals surface area contributed by atoms with Gasteiger partial charge in [0.2, 0.25) is 0 Å². The molecule has 0 heterocycles. The largest absolute Gasteiger partial charge is 0.494 e. The summed E-state index contributed by atoms with van der Waals surface area (Å²) in [5.74, 6) is 0.954. The van der Waals surface area contributed by atoms with Gasteiger partial charge in [-0.1, -0.05) is 25.8 Å². The normalized spacial score (nSPS) is 23.8. The lowest BCUT2D eigenvalue weighted by Crippen LogP contribution is -2.35. The summed E-state index contributed by atoms with van der Waals surface area (Å²) in [5.41, 5.74) is 1.09. The van der Waals surface area contributed by atoms with Gasteiger partial charge in [0.05, 0.1) is 7.11 Å². The van der Waals surface area contributed by atoms with Crippen molar-refractivity contribution in [1.82, 2.24) is 5.32 Å². The number of methoxy groups -OCH3 is 1. The van der Waals surface area contributed by atoms with Crippen LogP contribution in [-0.4, -0.2) is 13.2 Å². The molecular weight excluding hydrogens is 265 g/mol. The summed E-state index contributed by atoms with van der Waals surface area (Å²) in [5, 5.41) is 3.69. The molecule has 2 rings (SSSR count). The first-order chi connectivity index (χ1) is 10.1. The highest BCUT2D eigenvalue weighted by Gasteiger charge is 2.22. The van der Waals surface area contributed by atoms with Crippen molar-refractivity contribution >= 4 is 0 Å². The number of benzene rings is 1. The van der Waals surface area contributed by atoms with Crippen LogP contribution in [0.4, 0.5) is 4.39 Å². The second kappa shape index (κ2) is 7.79. The molecule has 1 fully saturated rings. The van der Waals surface area contributed by atoms with E-state index in [0.29, 0.717) is 11.8 Å². The zero-order valence-corrected chi connectivity index (χ0v) is 13.5. The van der Waals surface area contributed by atoms with Crippen LogP contribution in [0.1, 0.15) is 64.0 Å². The molecule has 1 aromatic carbocycles. The number of halogens is 1. The Morgan fingerprint density at radius 3 is 2.62 bits per heavy atom. The molecule has 118 valence electrons. The fourth-order valence-electron chi connectivity index (χ4n) is 3.42. The van der Waals surface area contributed by atoms with E-state index in [9.17, 15) is 4.39 Å². The molecule has 1 N–H and O–H groups in total. The van der Waals surface area contributed by atoms with Crippen LogP contribution >= 0.6 is 0 Å². The SMILES string of the molecule is CCCC1CCC(NC(C)c2ccc(F)c(OC)c2)CC1. The van der Waals surface area contributed by atoms with E-state index in [1.807, 2.05) is 6.07 Å². The van der Waals surface area contributed by atoms with E-state index >= 15 is 0 Å². The monoisotopic (exact) mass is 293 g/mol. The summed E-state index contributed by atoms with van der Waals surface area (Å²) in [4.78, 5) is 0. The molecule has 1 aliphatic carbocycles. The standard InChI is InChI=1S/C18H28FNO/c1-4-5-14-6-9-16(10-7-14)20-13(2)15-8-11-17(19)18(12-15)21-3/h8,11-14,16,20H,4-7,9-10H2,1-3H3. The summed E-state index contributed by atoms with van der Waals surface area (Å²) in [6.45, 7) is 4.42. The Morgan fingerprint density at radius 2 is 2.00 bits per heavy atom. The van der Waals surface area contributed by atoms with Crippen molar-refractivity contribution in [3.05, 3.63) is 29.6 Å². The summed E-state index contributed by atoms with van der Waals surface area (Å²) in [6.07, 6.45) is 7.86. The topological polar surface area (TPSA) is 21.3 Å². The number of nitrogens with one attached hydrogen (secondary N) is 1. The molecule has 0 spiro atoms. The first kappa shape index (κ1) is 16.3. The molecule has 1 aliphatic rings. The fourth-order valence-corrected chi connectivity index (χ4v) is 3.42. The van der Waals surface area contributed by atoms with Gasteiger partial charge in [0.1, 0.15) is 0 Å². The highest BCUT2D eigenvalue weighted by molar-refractivity contribution is 5.32. The Kier molecular flexibility index (Phi) is 6.04. The van der Waals surface area contributed by atoms with Gasteiger partial charge in [0.15, 0.2) is 11.6 Å². The van der Waals surface area contributed by atoms with Gasteiger partial charge in [-0.05, 0) is 56.2 Å². The van der Waals surface area contributed by atoms with Crippen molar-refractivity contribution in [2.75, 3.05) is 7.11 Å². The average Bonchev–Trinajstić information content (AvgIpc) is 2.50. The third kappa shape index (κ3) is 4.44. The number of hydrogen-bond donors (Lipinski definition) is 1. The van der Waals surface area contributed by atoms with Crippen molar-refractivity contribution in [3.63, 3.8) is 0 Å². The lowest BCUT2D eigenvalue weighted by Gasteiger charge is -2.31. The maximum atomic E-state index is 13.5. The zero-order valence-electron chi connectivity index (χ0n) is 13.5. The highest BCUT2D eigenvalue weighted by Crippen LogP contribution is 2.29. The van der Waals surface area contributed by atoms with E-state index in [0.717, 1.165) is 11.5 Å². The predicted octanol–water partition coefficient (Wildman–Crippen LogP) is 4.84. The van der Waals surface area contributed by atoms with E-state index in [1.54, 1.807) is 6.07 Å². The Hall–Kier alpha value is -1.09. The van der Waals surface area contributed by atoms with E-state index in [4.69, 9.17) is 4.74 Å². The maximum absolute atomic E-state index is 13.5. The molecule has 2 nitrogen and oxygen atoms in total. The quantitative estimate of drug-likeness (QED) is 0.810. The summed E-state index contributed by atoms with van der Waals surface area (Å²) in [6, 6.07) is 5.95. The molecule has 1 atom stereocenters. The summed E-state index contributed by atoms with van der Waals surface area (Å²) >= 11 is 0. The minimum Gasteiger partial charge on any atom is -0.494 e. The predicted molar refractivity (Wildman–Crippen MR) is 85.2 cm³/mol. The first-order valence-corrected chi connectivity index (χ1v) is 8.23. The van der Waals surface area contributed by atoms with Gasteiger partial charge >= 0.3 is 0 Å². The van der Waals surface area contributed by atoms with Crippen molar-refractivity contribution in [1.29, 1.82) is 0 Å². The van der Waals surface area contributed by atoms with Crippen molar-refractivity contribution in [2.45, 2.75) is 64.5 Å². The molecule has 0 radical (unpaired) electrons. The van der Waals surface area contributed by atoms with Crippen LogP contribution in [-0.2, 0) is 0 Å². The van der Waals surface area contributed by atoms with Gasteiger partial charge in [0.25, 0.3) is 0 Å². The van der Waals surface area contributed by atoms with Gasteiger partial charge < -0.3 is 10.1 Å². The molecule has 0 aliphatic heterocycles. The van der Waals surface area contributed by atoms with Gasteiger partial charge in [-0.3, -0.25) is 0 Å². The molecular formula is C18H28FNO. The molecule has 21 heavy (non-hydrogen) atoms. The van der Waals surface area contributed by atoms with Crippen LogP contribution in [0, 0.1) is 11.7 Å². The summed E-state index contributed by atoms with van der Waals surface area (Å²) in [7, 11) is 1.51. The number of rotatable bonds is 6. The van der Waals surface area contributed by atoms with Crippen LogP contribution in [0.5, 0.6) is 5.75 Å². The first-order valence-electron chi connectivity index (χ1n) is 8.23. The molecule has 1 unspecified atom stereocenters. The van der Waals surface area contributed by atoms with E-state index < -0.39 is 0 Å². The fraction of sp³-hybridized carbons (Fsp3) is 0.667. The number of hydrogen-bond acceptors (Lipinski definition) is 2. The third-order valence-corrected chi connectivity index (χ3v) is 4.70. The van der Waals surface area contributed by atoms with E-state index in [1.165, 1.54) is 51.7 Å². The van der Waals surface area contributed by atoms with E-state index in [2.05, 4.69) is 19.2 Å². The molecule has 1 aromatic rings. The lowest BCUT2D eigenvalue weighted by molar-refractivity contribution is 0.266. The maximum Gasteiger partial charge on any atom is 0.165 e. The van der Waals surface area contributed by atoms with Crippen LogP contribution in [0.3, 0.4) is 0 Å². The van der Waals surface area contributed by atoms with Gasteiger partial charge in [-0.15, -0.1) is 0 Å². The zero-order chi connectivity index (χ0) is 15.2. The number of ether oxygens (including phenoxy) is 1. The summed E-state index contributed by atoms with van der Waals surface area (Å²) < 4.78 is 18.5. The van der Waals surface area contributed by atoms with Gasteiger partial charge in [0, 0.05) is 12.1 Å². The molecule has 3 heteroatoms. The smallest absolute Gasteiger partial charge is 0.165 e.